The minimum Gasteiger partial charge on any atom is -0.497 e. The maximum atomic E-state index is 11.8. The minimum atomic E-state index is -0.334. The molecule has 0 saturated heterocycles. The molecule has 2 aromatic heterocycles. The van der Waals surface area contributed by atoms with E-state index in [0.717, 1.165) is 16.4 Å². The third kappa shape index (κ3) is 5.06. The lowest BCUT2D eigenvalue weighted by atomic mass is 10.3. The van der Waals surface area contributed by atoms with Gasteiger partial charge in [0, 0.05) is 6.42 Å². The van der Waals surface area contributed by atoms with Gasteiger partial charge in [0.2, 0.25) is 5.82 Å². The normalized spacial score (nSPS) is 10.5. The summed E-state index contributed by atoms with van der Waals surface area (Å²) in [5, 5.41) is 5.79. The Morgan fingerprint density at radius 3 is 2.73 bits per heavy atom. The summed E-state index contributed by atoms with van der Waals surface area (Å²) in [6, 6.07) is 11.1. The van der Waals surface area contributed by atoms with Crippen molar-refractivity contribution in [3.63, 3.8) is 0 Å². The Morgan fingerprint density at radius 1 is 1.19 bits per heavy atom. The van der Waals surface area contributed by atoms with Gasteiger partial charge in [0.15, 0.2) is 6.61 Å². The van der Waals surface area contributed by atoms with E-state index in [1.165, 1.54) is 11.3 Å². The second kappa shape index (κ2) is 9.00. The van der Waals surface area contributed by atoms with E-state index in [1.54, 1.807) is 7.11 Å². The number of ether oxygens (including phenoxy) is 3. The van der Waals surface area contributed by atoms with Gasteiger partial charge in [-0.3, -0.25) is 4.79 Å². The Kier molecular flexibility index (Phi) is 6.21. The first kappa shape index (κ1) is 17.9. The summed E-state index contributed by atoms with van der Waals surface area (Å²) in [5.41, 5.74) is 0. The Bertz CT molecular complexity index is 814. The van der Waals surface area contributed by atoms with Crippen LogP contribution < -0.4 is 9.47 Å². The van der Waals surface area contributed by atoms with E-state index in [0.29, 0.717) is 18.9 Å². The first-order valence-electron chi connectivity index (χ1n) is 8.03. The number of carbonyl (C=O) groups is 1. The number of esters is 1. The first-order chi connectivity index (χ1) is 12.7. The Balaban J connectivity index is 1.34. The van der Waals surface area contributed by atoms with Gasteiger partial charge >= 0.3 is 5.97 Å². The van der Waals surface area contributed by atoms with Crippen molar-refractivity contribution in [2.24, 2.45) is 0 Å². The topological polar surface area (TPSA) is 83.7 Å². The van der Waals surface area contributed by atoms with Crippen LogP contribution in [0.1, 0.15) is 18.7 Å². The second-order valence-corrected chi connectivity index (χ2v) is 6.22. The molecule has 8 heteroatoms. The molecule has 136 valence electrons. The largest absolute Gasteiger partial charge is 0.497 e. The van der Waals surface area contributed by atoms with E-state index in [2.05, 4.69) is 10.1 Å². The number of hydrogen-bond acceptors (Lipinski definition) is 8. The monoisotopic (exact) mass is 374 g/mol. The zero-order chi connectivity index (χ0) is 18.2. The zero-order valence-electron chi connectivity index (χ0n) is 14.2. The SMILES string of the molecule is COc1ccc(OCCCC(=O)OCc2nc(-c3cccs3)no2)cc1. The molecule has 3 aromatic rings. The molecule has 0 aliphatic rings. The maximum absolute atomic E-state index is 11.8. The summed E-state index contributed by atoms with van der Waals surface area (Å²) in [6.45, 7) is 0.390. The van der Waals surface area contributed by atoms with Crippen molar-refractivity contribution >= 4 is 17.3 Å². The predicted octanol–water partition coefficient (Wildman–Crippen LogP) is 3.71. The number of nitrogens with zero attached hydrogens (tertiary/aromatic N) is 2. The van der Waals surface area contributed by atoms with Gasteiger partial charge in [0.25, 0.3) is 5.89 Å². The van der Waals surface area contributed by atoms with Crippen molar-refractivity contribution in [3.8, 4) is 22.2 Å². The maximum Gasteiger partial charge on any atom is 0.306 e. The minimum absolute atomic E-state index is 0.0312. The fraction of sp³-hybridized carbons (Fsp3) is 0.278. The van der Waals surface area contributed by atoms with Crippen LogP contribution in [0.2, 0.25) is 0 Å². The summed E-state index contributed by atoms with van der Waals surface area (Å²) in [5.74, 6) is 1.93. The standard InChI is InChI=1S/C18H18N2O5S/c1-22-13-6-8-14(9-7-13)23-10-2-5-17(21)24-12-16-19-18(20-25-16)15-4-3-11-26-15/h3-4,6-9,11H,2,5,10,12H2,1H3. The molecule has 0 aliphatic carbocycles. The van der Waals surface area contributed by atoms with Crippen molar-refractivity contribution < 1.29 is 23.5 Å². The Labute approximate surface area is 154 Å². The van der Waals surface area contributed by atoms with E-state index in [1.807, 2.05) is 41.8 Å². The van der Waals surface area contributed by atoms with Gasteiger partial charge < -0.3 is 18.7 Å². The van der Waals surface area contributed by atoms with Gasteiger partial charge in [-0.25, -0.2) is 0 Å². The van der Waals surface area contributed by atoms with Gasteiger partial charge in [-0.05, 0) is 42.1 Å². The summed E-state index contributed by atoms with van der Waals surface area (Å²) < 4.78 is 20.9. The van der Waals surface area contributed by atoms with E-state index in [-0.39, 0.29) is 24.9 Å². The molecule has 0 bridgehead atoms. The van der Waals surface area contributed by atoms with E-state index in [9.17, 15) is 4.79 Å². The molecule has 0 amide bonds. The smallest absolute Gasteiger partial charge is 0.306 e. The Hall–Kier alpha value is -2.87. The van der Waals surface area contributed by atoms with Crippen LogP contribution in [0.4, 0.5) is 0 Å². The number of aromatic nitrogens is 2. The summed E-state index contributed by atoms with van der Waals surface area (Å²) in [4.78, 5) is 16.9. The summed E-state index contributed by atoms with van der Waals surface area (Å²) >= 11 is 1.51. The average molecular weight is 374 g/mol. The molecule has 26 heavy (non-hydrogen) atoms. The van der Waals surface area contributed by atoms with Gasteiger partial charge in [-0.2, -0.15) is 4.98 Å². The molecule has 7 nitrogen and oxygen atoms in total. The van der Waals surface area contributed by atoms with E-state index < -0.39 is 0 Å². The van der Waals surface area contributed by atoms with Crippen LogP contribution in [-0.2, 0) is 16.1 Å². The highest BCUT2D eigenvalue weighted by molar-refractivity contribution is 7.13. The fourth-order valence-electron chi connectivity index (χ4n) is 2.11. The lowest BCUT2D eigenvalue weighted by molar-refractivity contribution is -0.146. The molecule has 0 N–H and O–H groups in total. The molecular formula is C18H18N2O5S. The Morgan fingerprint density at radius 2 is 2.00 bits per heavy atom. The number of benzene rings is 1. The summed E-state index contributed by atoms with van der Waals surface area (Å²) in [6.07, 6.45) is 0.803. The number of thiophene rings is 1. The third-order valence-corrected chi connectivity index (χ3v) is 4.29. The van der Waals surface area contributed by atoms with Crippen LogP contribution in [0.25, 0.3) is 10.7 Å². The van der Waals surface area contributed by atoms with Crippen molar-refractivity contribution in [1.82, 2.24) is 10.1 Å². The molecular weight excluding hydrogens is 356 g/mol. The molecule has 1 aromatic carbocycles. The van der Waals surface area contributed by atoms with Crippen LogP contribution in [0.5, 0.6) is 11.5 Å². The molecule has 0 spiro atoms. The van der Waals surface area contributed by atoms with Gasteiger partial charge in [0.05, 0.1) is 18.6 Å². The molecule has 0 unspecified atom stereocenters. The third-order valence-electron chi connectivity index (χ3n) is 3.42. The van der Waals surface area contributed by atoms with Gasteiger partial charge in [0.1, 0.15) is 11.5 Å². The lowest BCUT2D eigenvalue weighted by Crippen LogP contribution is -2.07. The lowest BCUT2D eigenvalue weighted by Gasteiger charge is -2.06. The molecule has 2 heterocycles. The highest BCUT2D eigenvalue weighted by atomic mass is 32.1. The molecule has 0 fully saturated rings. The van der Waals surface area contributed by atoms with Crippen LogP contribution in [0.15, 0.2) is 46.3 Å². The zero-order valence-corrected chi connectivity index (χ0v) is 15.0. The van der Waals surface area contributed by atoms with E-state index in [4.69, 9.17) is 18.7 Å². The van der Waals surface area contributed by atoms with E-state index >= 15 is 0 Å². The van der Waals surface area contributed by atoms with Crippen molar-refractivity contribution in [3.05, 3.63) is 47.7 Å². The highest BCUT2D eigenvalue weighted by Crippen LogP contribution is 2.21. The molecule has 0 saturated carbocycles. The molecule has 0 radical (unpaired) electrons. The van der Waals surface area contributed by atoms with Crippen LogP contribution in [0.3, 0.4) is 0 Å². The molecule has 3 rings (SSSR count). The van der Waals surface area contributed by atoms with Crippen molar-refractivity contribution in [2.75, 3.05) is 13.7 Å². The fourth-order valence-corrected chi connectivity index (χ4v) is 2.76. The first-order valence-corrected chi connectivity index (χ1v) is 8.91. The number of carbonyl (C=O) groups excluding carboxylic acids is 1. The van der Waals surface area contributed by atoms with Crippen molar-refractivity contribution in [2.45, 2.75) is 19.4 Å². The second-order valence-electron chi connectivity index (χ2n) is 5.28. The molecule has 0 atom stereocenters. The number of rotatable bonds is 9. The highest BCUT2D eigenvalue weighted by Gasteiger charge is 2.11. The summed E-state index contributed by atoms with van der Waals surface area (Å²) in [7, 11) is 1.61. The average Bonchev–Trinajstić information content (AvgIpc) is 3.35. The van der Waals surface area contributed by atoms with Crippen LogP contribution in [-0.4, -0.2) is 29.8 Å². The van der Waals surface area contributed by atoms with Gasteiger partial charge in [-0.1, -0.05) is 11.2 Å². The quantitative estimate of drug-likeness (QED) is 0.417. The number of hydrogen-bond donors (Lipinski definition) is 0. The molecule has 0 aliphatic heterocycles. The van der Waals surface area contributed by atoms with Gasteiger partial charge in [-0.15, -0.1) is 11.3 Å². The van der Waals surface area contributed by atoms with Crippen molar-refractivity contribution in [1.29, 1.82) is 0 Å². The van der Waals surface area contributed by atoms with Crippen LogP contribution in [0, 0.1) is 0 Å². The predicted molar refractivity (Wildman–Crippen MR) is 95.1 cm³/mol. The van der Waals surface area contributed by atoms with Crippen LogP contribution >= 0.6 is 11.3 Å². The number of methoxy groups -OCH3 is 1.